The second kappa shape index (κ2) is 6.39. The first-order valence-corrected chi connectivity index (χ1v) is 7.78. The molecule has 0 amide bonds. The summed E-state index contributed by atoms with van der Waals surface area (Å²) in [6, 6.07) is 9.59. The minimum atomic E-state index is -0.592. The Bertz CT molecular complexity index is 559. The number of rotatable bonds is 4. The minimum absolute atomic E-state index is 0.375. The molecule has 21 heavy (non-hydrogen) atoms. The Balaban J connectivity index is 1.63. The summed E-state index contributed by atoms with van der Waals surface area (Å²) in [5.41, 5.74) is 0.878. The maximum absolute atomic E-state index is 10.2. The number of aromatic nitrogens is 2. The highest BCUT2D eigenvalue weighted by atomic mass is 16.5. The van der Waals surface area contributed by atoms with Crippen molar-refractivity contribution in [2.45, 2.75) is 51.0 Å². The average Bonchev–Trinajstić information content (AvgIpc) is 2.97. The number of benzene rings is 1. The number of aliphatic hydroxyl groups is 1. The monoisotopic (exact) mass is 286 g/mol. The minimum Gasteiger partial charge on any atom is -0.388 e. The summed E-state index contributed by atoms with van der Waals surface area (Å²) >= 11 is 0. The number of hydrogen-bond donors (Lipinski definition) is 1. The van der Waals surface area contributed by atoms with Gasteiger partial charge in [-0.15, -0.1) is 0 Å². The first kappa shape index (κ1) is 14.3. The Kier molecular flexibility index (Phi) is 4.34. The van der Waals surface area contributed by atoms with Crippen LogP contribution in [0.4, 0.5) is 0 Å². The molecule has 0 bridgehead atoms. The molecule has 1 aromatic heterocycles. The van der Waals surface area contributed by atoms with Crippen molar-refractivity contribution in [1.82, 2.24) is 10.1 Å². The van der Waals surface area contributed by atoms with Gasteiger partial charge in [-0.2, -0.15) is 4.98 Å². The smallest absolute Gasteiger partial charge is 0.229 e. The third-order valence-electron chi connectivity index (χ3n) is 4.42. The summed E-state index contributed by atoms with van der Waals surface area (Å²) in [6.07, 6.45) is 4.54. The molecular formula is C17H22N2O2. The van der Waals surface area contributed by atoms with Gasteiger partial charge in [-0.25, -0.2) is 0 Å². The van der Waals surface area contributed by atoms with Gasteiger partial charge in [-0.05, 0) is 24.3 Å². The summed E-state index contributed by atoms with van der Waals surface area (Å²) in [5, 5.41) is 14.3. The van der Waals surface area contributed by atoms with E-state index < -0.39 is 6.10 Å². The Morgan fingerprint density at radius 3 is 2.62 bits per heavy atom. The molecule has 1 unspecified atom stereocenters. The molecule has 1 atom stereocenters. The summed E-state index contributed by atoms with van der Waals surface area (Å²) < 4.78 is 5.32. The first-order chi connectivity index (χ1) is 10.2. The van der Waals surface area contributed by atoms with Crippen LogP contribution in [-0.2, 0) is 6.42 Å². The van der Waals surface area contributed by atoms with Crippen LogP contribution in [0.2, 0.25) is 0 Å². The van der Waals surface area contributed by atoms with Crippen molar-refractivity contribution in [3.05, 3.63) is 47.6 Å². The molecule has 0 radical (unpaired) electrons. The van der Waals surface area contributed by atoms with Crippen molar-refractivity contribution in [3.8, 4) is 0 Å². The lowest BCUT2D eigenvalue weighted by molar-refractivity contribution is 0.164. The van der Waals surface area contributed by atoms with Crippen LogP contribution in [0.15, 0.2) is 34.9 Å². The molecule has 1 fully saturated rings. The molecule has 1 saturated carbocycles. The van der Waals surface area contributed by atoms with E-state index in [9.17, 15) is 5.11 Å². The molecule has 4 nitrogen and oxygen atoms in total. The van der Waals surface area contributed by atoms with Gasteiger partial charge in [-0.1, -0.05) is 55.3 Å². The molecule has 1 heterocycles. The van der Waals surface area contributed by atoms with Crippen LogP contribution in [0.1, 0.15) is 61.9 Å². The Labute approximate surface area is 125 Å². The SMILES string of the molecule is CC1CCC(c2noc(CC(O)c3ccccc3)n2)CC1. The van der Waals surface area contributed by atoms with Gasteiger partial charge >= 0.3 is 0 Å². The summed E-state index contributed by atoms with van der Waals surface area (Å²) in [4.78, 5) is 4.49. The van der Waals surface area contributed by atoms with E-state index >= 15 is 0 Å². The van der Waals surface area contributed by atoms with Crippen LogP contribution >= 0.6 is 0 Å². The van der Waals surface area contributed by atoms with E-state index in [2.05, 4.69) is 17.1 Å². The predicted octanol–water partition coefficient (Wildman–Crippen LogP) is 3.64. The molecule has 3 rings (SSSR count). The molecule has 1 N–H and O–H groups in total. The van der Waals surface area contributed by atoms with Gasteiger partial charge in [-0.3, -0.25) is 0 Å². The summed E-state index contributed by atoms with van der Waals surface area (Å²) in [5.74, 6) is 2.58. The van der Waals surface area contributed by atoms with Gasteiger partial charge in [0.05, 0.1) is 12.5 Å². The molecule has 2 aromatic rings. The highest BCUT2D eigenvalue weighted by Gasteiger charge is 2.24. The zero-order valence-corrected chi connectivity index (χ0v) is 12.4. The lowest BCUT2D eigenvalue weighted by Crippen LogP contribution is -2.12. The van der Waals surface area contributed by atoms with E-state index in [4.69, 9.17) is 4.52 Å². The maximum Gasteiger partial charge on any atom is 0.229 e. The molecule has 112 valence electrons. The van der Waals surface area contributed by atoms with Crippen molar-refractivity contribution in [1.29, 1.82) is 0 Å². The molecule has 0 aliphatic heterocycles. The van der Waals surface area contributed by atoms with Crippen LogP contribution < -0.4 is 0 Å². The van der Waals surface area contributed by atoms with Crippen molar-refractivity contribution in [2.24, 2.45) is 5.92 Å². The standard InChI is InChI=1S/C17H22N2O2/c1-12-7-9-14(10-8-12)17-18-16(21-19-17)11-15(20)13-5-3-2-4-6-13/h2-6,12,14-15,20H,7-11H2,1H3. The Morgan fingerprint density at radius 2 is 1.90 bits per heavy atom. The predicted molar refractivity (Wildman–Crippen MR) is 79.8 cm³/mol. The highest BCUT2D eigenvalue weighted by molar-refractivity contribution is 5.18. The molecule has 1 aromatic carbocycles. The fourth-order valence-corrected chi connectivity index (χ4v) is 2.99. The van der Waals surface area contributed by atoms with Crippen LogP contribution in [0.3, 0.4) is 0 Å². The van der Waals surface area contributed by atoms with E-state index in [-0.39, 0.29) is 0 Å². The maximum atomic E-state index is 10.2. The molecule has 4 heteroatoms. The van der Waals surface area contributed by atoms with E-state index in [0.717, 1.165) is 30.1 Å². The summed E-state index contributed by atoms with van der Waals surface area (Å²) in [7, 11) is 0. The number of nitrogens with zero attached hydrogens (tertiary/aromatic N) is 2. The lowest BCUT2D eigenvalue weighted by atomic mass is 9.83. The van der Waals surface area contributed by atoms with Crippen molar-refractivity contribution in [3.63, 3.8) is 0 Å². The van der Waals surface area contributed by atoms with E-state index in [1.807, 2.05) is 30.3 Å². The number of hydrogen-bond acceptors (Lipinski definition) is 4. The molecular weight excluding hydrogens is 264 g/mol. The lowest BCUT2D eigenvalue weighted by Gasteiger charge is -2.23. The van der Waals surface area contributed by atoms with Gasteiger partial charge in [0.2, 0.25) is 5.89 Å². The van der Waals surface area contributed by atoms with E-state index in [1.165, 1.54) is 12.8 Å². The van der Waals surface area contributed by atoms with E-state index in [1.54, 1.807) is 0 Å². The normalized spacial score (nSPS) is 23.9. The summed E-state index contributed by atoms with van der Waals surface area (Å²) in [6.45, 7) is 2.30. The molecule has 0 saturated heterocycles. The van der Waals surface area contributed by atoms with Gasteiger partial charge in [0, 0.05) is 5.92 Å². The number of aliphatic hydroxyl groups excluding tert-OH is 1. The van der Waals surface area contributed by atoms with Crippen LogP contribution in [0.25, 0.3) is 0 Å². The van der Waals surface area contributed by atoms with Gasteiger partial charge < -0.3 is 9.63 Å². The van der Waals surface area contributed by atoms with Crippen molar-refractivity contribution < 1.29 is 9.63 Å². The average molecular weight is 286 g/mol. The highest BCUT2D eigenvalue weighted by Crippen LogP contribution is 2.34. The van der Waals surface area contributed by atoms with Crippen LogP contribution in [0, 0.1) is 5.92 Å². The molecule has 1 aliphatic rings. The second-order valence-corrected chi connectivity index (χ2v) is 6.13. The van der Waals surface area contributed by atoms with Crippen LogP contribution in [0.5, 0.6) is 0 Å². The quantitative estimate of drug-likeness (QED) is 0.932. The van der Waals surface area contributed by atoms with Crippen molar-refractivity contribution in [2.75, 3.05) is 0 Å². The Hall–Kier alpha value is -1.68. The van der Waals surface area contributed by atoms with Gasteiger partial charge in [0.1, 0.15) is 0 Å². The van der Waals surface area contributed by atoms with Crippen LogP contribution in [-0.4, -0.2) is 15.2 Å². The first-order valence-electron chi connectivity index (χ1n) is 7.78. The topological polar surface area (TPSA) is 59.2 Å². The fraction of sp³-hybridized carbons (Fsp3) is 0.529. The Morgan fingerprint density at radius 1 is 1.19 bits per heavy atom. The molecule has 0 spiro atoms. The third kappa shape index (κ3) is 3.50. The third-order valence-corrected chi connectivity index (χ3v) is 4.42. The van der Waals surface area contributed by atoms with E-state index in [0.29, 0.717) is 18.2 Å². The van der Waals surface area contributed by atoms with Crippen molar-refractivity contribution >= 4 is 0 Å². The van der Waals surface area contributed by atoms with Gasteiger partial charge in [0.15, 0.2) is 5.82 Å². The fourth-order valence-electron chi connectivity index (χ4n) is 2.99. The zero-order chi connectivity index (χ0) is 14.7. The second-order valence-electron chi connectivity index (χ2n) is 6.13. The largest absolute Gasteiger partial charge is 0.388 e. The molecule has 1 aliphatic carbocycles. The van der Waals surface area contributed by atoms with Gasteiger partial charge in [0.25, 0.3) is 0 Å². The zero-order valence-electron chi connectivity index (χ0n) is 12.4.